The minimum absolute atomic E-state index is 0.0635. The predicted molar refractivity (Wildman–Crippen MR) is 55.0 cm³/mol. The highest BCUT2D eigenvalue weighted by Crippen LogP contribution is 2.12. The van der Waals surface area contributed by atoms with Crippen molar-refractivity contribution in [2.75, 3.05) is 13.7 Å². The second-order valence-corrected chi connectivity index (χ2v) is 3.28. The highest BCUT2D eigenvalue weighted by atomic mass is 16.5. The monoisotopic (exact) mass is 195 g/mol. The molecule has 0 saturated heterocycles. The molecule has 0 radical (unpaired) electrons. The molecule has 0 aliphatic heterocycles. The molecule has 0 amide bonds. The van der Waals surface area contributed by atoms with Crippen molar-refractivity contribution < 1.29 is 4.74 Å². The van der Waals surface area contributed by atoms with Crippen molar-refractivity contribution in [2.24, 2.45) is 5.73 Å². The Bertz CT molecular complexity index is 301. The van der Waals surface area contributed by atoms with Crippen LogP contribution in [0.25, 0.3) is 0 Å². The van der Waals surface area contributed by atoms with E-state index in [-0.39, 0.29) is 6.10 Å². The van der Waals surface area contributed by atoms with E-state index in [1.165, 1.54) is 0 Å². The second-order valence-electron chi connectivity index (χ2n) is 3.28. The smallest absolute Gasteiger partial charge is 0.157 e. The zero-order chi connectivity index (χ0) is 10.6. The van der Waals surface area contributed by atoms with E-state index in [1.54, 1.807) is 7.11 Å². The summed E-state index contributed by atoms with van der Waals surface area (Å²) >= 11 is 0. The lowest BCUT2D eigenvalue weighted by Crippen LogP contribution is -2.10. The van der Waals surface area contributed by atoms with Gasteiger partial charge in [0.15, 0.2) is 5.82 Å². The summed E-state index contributed by atoms with van der Waals surface area (Å²) < 4.78 is 5.17. The van der Waals surface area contributed by atoms with Gasteiger partial charge in [0, 0.05) is 24.9 Å². The summed E-state index contributed by atoms with van der Waals surface area (Å²) in [6, 6.07) is 1.96. The molecular weight excluding hydrogens is 178 g/mol. The number of nitrogens with two attached hydrogens (primary N) is 1. The third-order valence-electron chi connectivity index (χ3n) is 2.04. The fourth-order valence-corrected chi connectivity index (χ4v) is 1.22. The van der Waals surface area contributed by atoms with Crippen LogP contribution in [0.5, 0.6) is 0 Å². The van der Waals surface area contributed by atoms with Crippen LogP contribution in [-0.2, 0) is 11.2 Å². The summed E-state index contributed by atoms with van der Waals surface area (Å²) in [5.41, 5.74) is 7.42. The van der Waals surface area contributed by atoms with E-state index in [2.05, 4.69) is 9.97 Å². The molecule has 1 atom stereocenters. The molecule has 0 saturated carbocycles. The normalized spacial score (nSPS) is 12.9. The molecule has 1 heterocycles. The van der Waals surface area contributed by atoms with Crippen molar-refractivity contribution in [2.45, 2.75) is 26.4 Å². The average molecular weight is 195 g/mol. The Balaban J connectivity index is 2.94. The van der Waals surface area contributed by atoms with E-state index in [1.807, 2.05) is 19.9 Å². The minimum atomic E-state index is -0.0635. The Morgan fingerprint density at radius 1 is 1.50 bits per heavy atom. The van der Waals surface area contributed by atoms with E-state index in [4.69, 9.17) is 10.5 Å². The van der Waals surface area contributed by atoms with Crippen molar-refractivity contribution in [1.82, 2.24) is 9.97 Å². The summed E-state index contributed by atoms with van der Waals surface area (Å²) in [7, 11) is 1.65. The van der Waals surface area contributed by atoms with Gasteiger partial charge in [-0.15, -0.1) is 0 Å². The number of aromatic nitrogens is 2. The van der Waals surface area contributed by atoms with E-state index < -0.39 is 0 Å². The topological polar surface area (TPSA) is 61.0 Å². The number of rotatable bonds is 4. The molecule has 4 heteroatoms. The van der Waals surface area contributed by atoms with Gasteiger partial charge in [-0.3, -0.25) is 0 Å². The molecule has 14 heavy (non-hydrogen) atoms. The molecule has 78 valence electrons. The van der Waals surface area contributed by atoms with Gasteiger partial charge < -0.3 is 10.5 Å². The van der Waals surface area contributed by atoms with Gasteiger partial charge in [0.2, 0.25) is 0 Å². The van der Waals surface area contributed by atoms with E-state index in [0.29, 0.717) is 6.54 Å². The van der Waals surface area contributed by atoms with Gasteiger partial charge in [0.05, 0.1) is 0 Å². The lowest BCUT2D eigenvalue weighted by Gasteiger charge is -2.10. The third kappa shape index (κ3) is 2.75. The average Bonchev–Trinajstić information content (AvgIpc) is 2.16. The first kappa shape index (κ1) is 11.1. The molecule has 1 aromatic rings. The summed E-state index contributed by atoms with van der Waals surface area (Å²) in [5.74, 6) is 0.732. The maximum atomic E-state index is 5.48. The zero-order valence-corrected chi connectivity index (χ0v) is 8.95. The molecule has 4 nitrogen and oxygen atoms in total. The van der Waals surface area contributed by atoms with E-state index >= 15 is 0 Å². The van der Waals surface area contributed by atoms with Crippen LogP contribution in [0.4, 0.5) is 0 Å². The number of aryl methyl sites for hydroxylation is 1. The Morgan fingerprint density at radius 3 is 2.79 bits per heavy atom. The van der Waals surface area contributed by atoms with Crippen molar-refractivity contribution in [3.05, 3.63) is 23.3 Å². The van der Waals surface area contributed by atoms with Crippen molar-refractivity contribution in [3.63, 3.8) is 0 Å². The molecule has 0 aromatic carbocycles. The van der Waals surface area contributed by atoms with E-state index in [0.717, 1.165) is 23.6 Å². The standard InChI is InChI=1S/C10H17N3O/c1-7-6-9(4-5-11)13-10(12-7)8(2)14-3/h6,8H,4-5,11H2,1-3H3. The highest BCUT2D eigenvalue weighted by molar-refractivity contribution is 5.11. The predicted octanol–water partition coefficient (Wildman–Crippen LogP) is 0.994. The summed E-state index contributed by atoms with van der Waals surface area (Å²) in [4.78, 5) is 8.69. The largest absolute Gasteiger partial charge is 0.374 e. The summed E-state index contributed by atoms with van der Waals surface area (Å²) in [6.45, 7) is 4.49. The van der Waals surface area contributed by atoms with E-state index in [9.17, 15) is 0 Å². The Labute approximate surface area is 84.5 Å². The van der Waals surface area contributed by atoms with Gasteiger partial charge in [-0.2, -0.15) is 0 Å². The quantitative estimate of drug-likeness (QED) is 0.778. The second kappa shape index (κ2) is 5.02. The maximum Gasteiger partial charge on any atom is 0.157 e. The molecular formula is C10H17N3O. The molecule has 0 bridgehead atoms. The van der Waals surface area contributed by atoms with Crippen molar-refractivity contribution in [1.29, 1.82) is 0 Å². The van der Waals surface area contributed by atoms with Crippen LogP contribution >= 0.6 is 0 Å². The van der Waals surface area contributed by atoms with Crippen LogP contribution in [0.1, 0.15) is 30.2 Å². The Kier molecular flexibility index (Phi) is 3.98. The van der Waals surface area contributed by atoms with Crippen LogP contribution < -0.4 is 5.73 Å². The van der Waals surface area contributed by atoms with Crippen molar-refractivity contribution >= 4 is 0 Å². The molecule has 0 aliphatic carbocycles. The molecule has 0 aliphatic rings. The summed E-state index contributed by atoms with van der Waals surface area (Å²) in [5, 5.41) is 0. The van der Waals surface area contributed by atoms with Crippen LogP contribution in [0.3, 0.4) is 0 Å². The van der Waals surface area contributed by atoms with Crippen LogP contribution in [0.15, 0.2) is 6.07 Å². The first-order chi connectivity index (χ1) is 6.67. The van der Waals surface area contributed by atoms with Gasteiger partial charge in [-0.1, -0.05) is 0 Å². The molecule has 0 fully saturated rings. The van der Waals surface area contributed by atoms with Crippen molar-refractivity contribution in [3.8, 4) is 0 Å². The molecule has 1 aromatic heterocycles. The number of nitrogens with zero attached hydrogens (tertiary/aromatic N) is 2. The van der Waals surface area contributed by atoms with Gasteiger partial charge in [-0.25, -0.2) is 9.97 Å². The van der Waals surface area contributed by atoms with Gasteiger partial charge >= 0.3 is 0 Å². The van der Waals surface area contributed by atoms with Gasteiger partial charge in [-0.05, 0) is 26.5 Å². The Hall–Kier alpha value is -1.00. The highest BCUT2D eigenvalue weighted by Gasteiger charge is 2.08. The minimum Gasteiger partial charge on any atom is -0.374 e. The lowest BCUT2D eigenvalue weighted by atomic mass is 10.2. The SMILES string of the molecule is COC(C)c1nc(C)cc(CCN)n1. The first-order valence-corrected chi connectivity index (χ1v) is 4.74. The fraction of sp³-hybridized carbons (Fsp3) is 0.600. The first-order valence-electron chi connectivity index (χ1n) is 4.74. The van der Waals surface area contributed by atoms with Crippen LogP contribution in [0, 0.1) is 6.92 Å². The molecule has 1 rings (SSSR count). The Morgan fingerprint density at radius 2 is 2.21 bits per heavy atom. The fourth-order valence-electron chi connectivity index (χ4n) is 1.22. The lowest BCUT2D eigenvalue weighted by molar-refractivity contribution is 0.111. The number of methoxy groups -OCH3 is 1. The summed E-state index contributed by atoms with van der Waals surface area (Å²) in [6.07, 6.45) is 0.721. The number of hydrogen-bond donors (Lipinski definition) is 1. The molecule has 1 unspecified atom stereocenters. The number of hydrogen-bond acceptors (Lipinski definition) is 4. The molecule has 2 N–H and O–H groups in total. The number of ether oxygens (including phenoxy) is 1. The van der Waals surface area contributed by atoms with Gasteiger partial charge in [0.25, 0.3) is 0 Å². The molecule has 0 spiro atoms. The zero-order valence-electron chi connectivity index (χ0n) is 8.95. The van der Waals surface area contributed by atoms with Gasteiger partial charge in [0.1, 0.15) is 6.10 Å². The third-order valence-corrected chi connectivity index (χ3v) is 2.04. The van der Waals surface area contributed by atoms with Crippen LogP contribution in [0.2, 0.25) is 0 Å². The van der Waals surface area contributed by atoms with Crippen LogP contribution in [-0.4, -0.2) is 23.6 Å². The maximum absolute atomic E-state index is 5.48.